The first-order valence-corrected chi connectivity index (χ1v) is 12.3. The molecule has 10 heteroatoms. The predicted molar refractivity (Wildman–Crippen MR) is 121 cm³/mol. The van der Waals surface area contributed by atoms with E-state index in [9.17, 15) is 31.5 Å². The lowest BCUT2D eigenvalue weighted by Gasteiger charge is -2.45. The molecule has 0 amide bonds. The largest absolute Gasteiger partial charge is 0.534 e. The molecule has 1 fully saturated rings. The minimum Gasteiger partial charge on any atom is -0.481 e. The summed E-state index contributed by atoms with van der Waals surface area (Å²) < 4.78 is 65.2. The number of alkyl halides is 3. The van der Waals surface area contributed by atoms with Crippen LogP contribution in [0.2, 0.25) is 0 Å². The minimum atomic E-state index is -5.75. The SMILES string of the molecule is C[C@H]1CN(CC(Cc2ccccc2)C(=O)O)CC[C@@]1(C)c1cccc(OS(=O)(=O)C(F)(F)F)c1. The number of halogens is 3. The number of carbonyl (C=O) groups is 1. The number of carboxylic acids is 1. The van der Waals surface area contributed by atoms with Crippen LogP contribution in [0.25, 0.3) is 0 Å². The fraction of sp³-hybridized carbons (Fsp3) is 0.458. The summed E-state index contributed by atoms with van der Waals surface area (Å²) in [5.74, 6) is -1.79. The van der Waals surface area contributed by atoms with Gasteiger partial charge in [-0.2, -0.15) is 21.6 Å². The van der Waals surface area contributed by atoms with Crippen LogP contribution in [0.4, 0.5) is 13.2 Å². The van der Waals surface area contributed by atoms with Gasteiger partial charge >= 0.3 is 21.6 Å². The standard InChI is InChI=1S/C24H28F3NO5S/c1-17-15-28(16-19(22(29)30)13-18-7-4-3-5-8-18)12-11-23(17,2)20-9-6-10-21(14-20)33-34(31,32)24(25,26)27/h3-10,14,17,19H,11-13,15-16H2,1-2H3,(H,29,30)/t17-,19?,23+/m0/s1. The van der Waals surface area contributed by atoms with Gasteiger partial charge in [0.25, 0.3) is 0 Å². The van der Waals surface area contributed by atoms with E-state index in [1.807, 2.05) is 44.2 Å². The number of benzene rings is 2. The Morgan fingerprint density at radius 3 is 2.47 bits per heavy atom. The topological polar surface area (TPSA) is 83.9 Å². The molecule has 1 heterocycles. The smallest absolute Gasteiger partial charge is 0.481 e. The van der Waals surface area contributed by atoms with Crippen LogP contribution in [-0.4, -0.2) is 49.5 Å². The second-order valence-electron chi connectivity index (χ2n) is 9.06. The van der Waals surface area contributed by atoms with Gasteiger partial charge in [-0.25, -0.2) is 0 Å². The zero-order chi connectivity index (χ0) is 25.1. The van der Waals surface area contributed by atoms with Gasteiger partial charge in [0.1, 0.15) is 5.75 Å². The zero-order valence-electron chi connectivity index (χ0n) is 19.0. The number of nitrogens with zero attached hydrogens (tertiary/aromatic N) is 1. The van der Waals surface area contributed by atoms with E-state index in [2.05, 4.69) is 9.08 Å². The highest BCUT2D eigenvalue weighted by Gasteiger charge is 2.48. The average Bonchev–Trinajstić information content (AvgIpc) is 2.75. The molecule has 1 aliphatic rings. The Balaban J connectivity index is 1.71. The van der Waals surface area contributed by atoms with Gasteiger partial charge in [-0.05, 0) is 54.0 Å². The van der Waals surface area contributed by atoms with Crippen LogP contribution in [0.5, 0.6) is 5.75 Å². The summed E-state index contributed by atoms with van der Waals surface area (Å²) in [4.78, 5) is 14.0. The monoisotopic (exact) mass is 499 g/mol. The Kier molecular flexibility index (Phi) is 7.62. The van der Waals surface area contributed by atoms with Crippen LogP contribution in [0.15, 0.2) is 54.6 Å². The Bertz CT molecular complexity index is 1110. The molecule has 0 radical (unpaired) electrons. The molecule has 0 bridgehead atoms. The Hall–Kier alpha value is -2.59. The third-order valence-corrected chi connectivity index (χ3v) is 7.68. The minimum absolute atomic E-state index is 0.0295. The summed E-state index contributed by atoms with van der Waals surface area (Å²) >= 11 is 0. The van der Waals surface area contributed by atoms with Crippen molar-refractivity contribution in [2.75, 3.05) is 19.6 Å². The van der Waals surface area contributed by atoms with Gasteiger partial charge < -0.3 is 14.2 Å². The van der Waals surface area contributed by atoms with E-state index in [1.54, 1.807) is 6.07 Å². The van der Waals surface area contributed by atoms with Crippen molar-refractivity contribution in [1.29, 1.82) is 0 Å². The summed E-state index contributed by atoms with van der Waals surface area (Å²) in [6.07, 6.45) is 1.05. The molecule has 3 atom stereocenters. The van der Waals surface area contributed by atoms with Gasteiger partial charge in [0.05, 0.1) is 5.92 Å². The highest BCUT2D eigenvalue weighted by atomic mass is 32.2. The fourth-order valence-electron chi connectivity index (χ4n) is 4.43. The van der Waals surface area contributed by atoms with Gasteiger partial charge in [0.15, 0.2) is 0 Å². The third kappa shape index (κ3) is 5.90. The highest BCUT2D eigenvalue weighted by Crippen LogP contribution is 2.41. The van der Waals surface area contributed by atoms with Crippen LogP contribution in [-0.2, 0) is 26.7 Å². The molecule has 0 spiro atoms. The molecular formula is C24H28F3NO5S. The fourth-order valence-corrected chi connectivity index (χ4v) is 4.88. The molecule has 2 aromatic rings. The van der Waals surface area contributed by atoms with Crippen LogP contribution < -0.4 is 4.18 Å². The number of piperidine rings is 1. The normalized spacial score (nSPS) is 22.8. The van der Waals surface area contributed by atoms with Crippen molar-refractivity contribution in [1.82, 2.24) is 4.90 Å². The van der Waals surface area contributed by atoms with Crippen LogP contribution >= 0.6 is 0 Å². The van der Waals surface area contributed by atoms with E-state index >= 15 is 0 Å². The zero-order valence-corrected chi connectivity index (χ0v) is 19.8. The van der Waals surface area contributed by atoms with Gasteiger partial charge in [-0.1, -0.05) is 56.3 Å². The number of rotatable bonds is 8. The van der Waals surface area contributed by atoms with E-state index in [4.69, 9.17) is 0 Å². The second-order valence-corrected chi connectivity index (χ2v) is 10.6. The quantitative estimate of drug-likeness (QED) is 0.427. The second kappa shape index (κ2) is 9.95. The molecule has 0 aromatic heterocycles. The molecule has 3 rings (SSSR count). The molecule has 2 aromatic carbocycles. The maximum absolute atomic E-state index is 12.7. The molecule has 186 valence electrons. The van der Waals surface area contributed by atoms with E-state index in [0.717, 1.165) is 5.56 Å². The lowest BCUT2D eigenvalue weighted by molar-refractivity contribution is -0.142. The number of hydrogen-bond acceptors (Lipinski definition) is 5. The first kappa shape index (κ1) is 26.0. The Morgan fingerprint density at radius 2 is 1.88 bits per heavy atom. The molecule has 1 unspecified atom stereocenters. The van der Waals surface area contributed by atoms with Crippen molar-refractivity contribution in [3.05, 3.63) is 65.7 Å². The van der Waals surface area contributed by atoms with E-state index in [0.29, 0.717) is 38.0 Å². The van der Waals surface area contributed by atoms with Gasteiger partial charge in [0, 0.05) is 13.1 Å². The number of carboxylic acid groups (broad SMARTS) is 1. The molecule has 1 aliphatic heterocycles. The molecular weight excluding hydrogens is 471 g/mol. The molecule has 6 nitrogen and oxygen atoms in total. The summed E-state index contributed by atoms with van der Waals surface area (Å²) in [6, 6.07) is 15.2. The van der Waals surface area contributed by atoms with Crippen molar-refractivity contribution in [2.24, 2.45) is 11.8 Å². The predicted octanol–water partition coefficient (Wildman–Crippen LogP) is 4.46. The van der Waals surface area contributed by atoms with E-state index in [1.165, 1.54) is 18.2 Å². The highest BCUT2D eigenvalue weighted by molar-refractivity contribution is 7.88. The van der Waals surface area contributed by atoms with Crippen LogP contribution in [0, 0.1) is 11.8 Å². The Labute approximate surface area is 197 Å². The van der Waals surface area contributed by atoms with Gasteiger partial charge in [-0.3, -0.25) is 4.79 Å². The maximum Gasteiger partial charge on any atom is 0.534 e. The third-order valence-electron chi connectivity index (χ3n) is 6.70. The first-order chi connectivity index (χ1) is 15.8. The molecule has 1 N–H and O–H groups in total. The molecule has 0 aliphatic carbocycles. The summed E-state index contributed by atoms with van der Waals surface area (Å²) in [6.45, 7) is 5.56. The summed E-state index contributed by atoms with van der Waals surface area (Å²) in [7, 11) is -5.75. The first-order valence-electron chi connectivity index (χ1n) is 10.9. The van der Waals surface area contributed by atoms with Crippen molar-refractivity contribution in [2.45, 2.75) is 37.6 Å². The van der Waals surface area contributed by atoms with Gasteiger partial charge in [0.2, 0.25) is 0 Å². The number of aliphatic carboxylic acids is 1. The Morgan fingerprint density at radius 1 is 1.21 bits per heavy atom. The lowest BCUT2D eigenvalue weighted by atomic mass is 9.68. The molecule has 34 heavy (non-hydrogen) atoms. The van der Waals surface area contributed by atoms with E-state index < -0.39 is 32.9 Å². The molecule has 0 saturated carbocycles. The van der Waals surface area contributed by atoms with Crippen molar-refractivity contribution >= 4 is 16.1 Å². The average molecular weight is 500 g/mol. The van der Waals surface area contributed by atoms with Crippen molar-refractivity contribution in [3.63, 3.8) is 0 Å². The molecule has 1 saturated heterocycles. The van der Waals surface area contributed by atoms with Crippen LogP contribution in [0.3, 0.4) is 0 Å². The van der Waals surface area contributed by atoms with Crippen molar-refractivity contribution in [3.8, 4) is 5.75 Å². The van der Waals surface area contributed by atoms with E-state index in [-0.39, 0.29) is 11.7 Å². The summed E-state index contributed by atoms with van der Waals surface area (Å²) in [5.41, 5.74) is -4.33. The number of likely N-dealkylation sites (tertiary alicyclic amines) is 1. The van der Waals surface area contributed by atoms with Gasteiger partial charge in [-0.15, -0.1) is 0 Å². The van der Waals surface area contributed by atoms with Crippen LogP contribution in [0.1, 0.15) is 31.4 Å². The maximum atomic E-state index is 12.7. The summed E-state index contributed by atoms with van der Waals surface area (Å²) in [5, 5.41) is 9.72. The lowest BCUT2D eigenvalue weighted by Crippen LogP contribution is -2.49. The van der Waals surface area contributed by atoms with Crippen molar-refractivity contribution < 1.29 is 35.7 Å². The number of hydrogen-bond donors (Lipinski definition) is 1.